The quantitative estimate of drug-likeness (QED) is 0.646. The van der Waals surface area contributed by atoms with Gasteiger partial charge in [-0.25, -0.2) is 0 Å². The van der Waals surface area contributed by atoms with Crippen LogP contribution in [0, 0.1) is 17.8 Å². The summed E-state index contributed by atoms with van der Waals surface area (Å²) in [6.45, 7) is 0. The minimum atomic E-state index is 0.888. The van der Waals surface area contributed by atoms with Crippen molar-refractivity contribution in [1.29, 1.82) is 0 Å². The average molecular weight is 274 g/mol. The molecule has 4 rings (SSSR count). The summed E-state index contributed by atoms with van der Waals surface area (Å²) in [7, 11) is 0. The standard InChI is InChI=1S/C21H22/c1-2-4-18(5-3-1)19-10-6-16(7-11-19)8-12-20-14-17-9-13-21(20)15-17/h1-7,9-11,13,17,20-21H,8,12,14-15H2. The van der Waals surface area contributed by atoms with Crippen molar-refractivity contribution in [2.75, 3.05) is 0 Å². The summed E-state index contributed by atoms with van der Waals surface area (Å²) in [6, 6.07) is 19.8. The van der Waals surface area contributed by atoms with Crippen molar-refractivity contribution in [3.8, 4) is 11.1 Å². The smallest absolute Gasteiger partial charge is 0.0184 e. The Bertz CT molecular complexity index is 621. The highest BCUT2D eigenvalue weighted by molar-refractivity contribution is 5.63. The molecule has 2 aliphatic carbocycles. The second kappa shape index (κ2) is 5.52. The normalized spacial score (nSPS) is 26.4. The number of rotatable bonds is 4. The van der Waals surface area contributed by atoms with Crippen LogP contribution in [0.4, 0.5) is 0 Å². The molecule has 21 heavy (non-hydrogen) atoms. The summed E-state index contributed by atoms with van der Waals surface area (Å²) < 4.78 is 0. The molecule has 0 heterocycles. The Hall–Kier alpha value is -1.82. The Morgan fingerprint density at radius 1 is 0.762 bits per heavy atom. The first-order valence-corrected chi connectivity index (χ1v) is 8.21. The van der Waals surface area contributed by atoms with E-state index in [-0.39, 0.29) is 0 Å². The Morgan fingerprint density at radius 3 is 2.19 bits per heavy atom. The molecule has 1 fully saturated rings. The molecule has 0 saturated heterocycles. The van der Waals surface area contributed by atoms with Crippen molar-refractivity contribution in [3.63, 3.8) is 0 Å². The minimum Gasteiger partial charge on any atom is -0.0851 e. The van der Waals surface area contributed by atoms with Crippen LogP contribution in [0.2, 0.25) is 0 Å². The zero-order valence-corrected chi connectivity index (χ0v) is 12.4. The first-order chi connectivity index (χ1) is 10.4. The number of allylic oxidation sites excluding steroid dienone is 2. The largest absolute Gasteiger partial charge is 0.0851 e. The van der Waals surface area contributed by atoms with E-state index in [4.69, 9.17) is 0 Å². The predicted octanol–water partition coefficient (Wildman–Crippen LogP) is 5.50. The fourth-order valence-corrected chi connectivity index (χ4v) is 4.07. The van der Waals surface area contributed by atoms with E-state index in [9.17, 15) is 0 Å². The van der Waals surface area contributed by atoms with Crippen LogP contribution in [0.25, 0.3) is 11.1 Å². The molecule has 1 saturated carbocycles. The van der Waals surface area contributed by atoms with Crippen molar-refractivity contribution in [1.82, 2.24) is 0 Å². The summed E-state index contributed by atoms with van der Waals surface area (Å²) in [6.07, 6.45) is 10.4. The van der Waals surface area contributed by atoms with Gasteiger partial charge < -0.3 is 0 Å². The lowest BCUT2D eigenvalue weighted by Gasteiger charge is -2.17. The van der Waals surface area contributed by atoms with Crippen molar-refractivity contribution in [2.24, 2.45) is 17.8 Å². The van der Waals surface area contributed by atoms with Crippen LogP contribution < -0.4 is 0 Å². The first-order valence-electron chi connectivity index (χ1n) is 8.21. The fourth-order valence-electron chi connectivity index (χ4n) is 4.07. The lowest BCUT2D eigenvalue weighted by Crippen LogP contribution is -2.07. The minimum absolute atomic E-state index is 0.888. The average Bonchev–Trinajstić information content (AvgIpc) is 3.17. The van der Waals surface area contributed by atoms with E-state index in [0.717, 1.165) is 17.8 Å². The maximum absolute atomic E-state index is 2.47. The monoisotopic (exact) mass is 274 g/mol. The van der Waals surface area contributed by atoms with Gasteiger partial charge in [0.1, 0.15) is 0 Å². The first kappa shape index (κ1) is 12.9. The highest BCUT2D eigenvalue weighted by Crippen LogP contribution is 2.45. The lowest BCUT2D eigenvalue weighted by atomic mass is 9.88. The molecule has 2 aromatic rings. The molecule has 2 aromatic carbocycles. The number of fused-ring (bicyclic) bond motifs is 2. The molecule has 0 heteroatoms. The zero-order chi connectivity index (χ0) is 14.1. The van der Waals surface area contributed by atoms with Crippen molar-refractivity contribution in [2.45, 2.75) is 25.7 Å². The summed E-state index contributed by atoms with van der Waals surface area (Å²) in [5.74, 6) is 2.73. The molecular weight excluding hydrogens is 252 g/mol. The number of hydrogen-bond acceptors (Lipinski definition) is 0. The second-order valence-electron chi connectivity index (χ2n) is 6.64. The maximum atomic E-state index is 2.47. The topological polar surface area (TPSA) is 0 Å². The Morgan fingerprint density at radius 2 is 1.52 bits per heavy atom. The molecule has 106 valence electrons. The molecule has 0 spiro atoms. The van der Waals surface area contributed by atoms with E-state index in [1.165, 1.54) is 42.4 Å². The second-order valence-corrected chi connectivity index (χ2v) is 6.64. The van der Waals surface area contributed by atoms with Gasteiger partial charge in [-0.2, -0.15) is 0 Å². The van der Waals surface area contributed by atoms with Gasteiger partial charge in [-0.1, -0.05) is 66.7 Å². The van der Waals surface area contributed by atoms with Crippen LogP contribution in [0.15, 0.2) is 66.7 Å². The van der Waals surface area contributed by atoms with Gasteiger partial charge in [0.05, 0.1) is 0 Å². The third-order valence-electron chi connectivity index (χ3n) is 5.28. The van der Waals surface area contributed by atoms with Crippen LogP contribution in [0.3, 0.4) is 0 Å². The molecule has 0 aliphatic heterocycles. The van der Waals surface area contributed by atoms with Gasteiger partial charge in [-0.15, -0.1) is 0 Å². The lowest BCUT2D eigenvalue weighted by molar-refractivity contribution is 0.416. The highest BCUT2D eigenvalue weighted by Gasteiger charge is 2.34. The molecular formula is C21H22. The Balaban J connectivity index is 1.39. The van der Waals surface area contributed by atoms with Crippen LogP contribution in [-0.4, -0.2) is 0 Å². The van der Waals surface area contributed by atoms with E-state index in [2.05, 4.69) is 66.7 Å². The van der Waals surface area contributed by atoms with Gasteiger partial charge in [0, 0.05) is 0 Å². The van der Waals surface area contributed by atoms with E-state index in [1.807, 2.05) is 0 Å². The van der Waals surface area contributed by atoms with Gasteiger partial charge in [-0.3, -0.25) is 0 Å². The summed E-state index contributed by atoms with van der Waals surface area (Å²) in [5, 5.41) is 0. The van der Waals surface area contributed by atoms with Crippen LogP contribution in [0.5, 0.6) is 0 Å². The summed E-state index contributed by atoms with van der Waals surface area (Å²) >= 11 is 0. The van der Waals surface area contributed by atoms with Crippen molar-refractivity contribution in [3.05, 3.63) is 72.3 Å². The molecule has 0 amide bonds. The van der Waals surface area contributed by atoms with Crippen molar-refractivity contribution >= 4 is 0 Å². The van der Waals surface area contributed by atoms with Gasteiger partial charge in [0.15, 0.2) is 0 Å². The Labute approximate surface area is 127 Å². The number of hydrogen-bond donors (Lipinski definition) is 0. The molecule has 3 unspecified atom stereocenters. The van der Waals surface area contributed by atoms with Crippen LogP contribution in [-0.2, 0) is 6.42 Å². The third-order valence-corrected chi connectivity index (χ3v) is 5.28. The van der Waals surface area contributed by atoms with E-state index in [1.54, 1.807) is 0 Å². The fraction of sp³-hybridized carbons (Fsp3) is 0.333. The van der Waals surface area contributed by atoms with E-state index < -0.39 is 0 Å². The summed E-state index contributed by atoms with van der Waals surface area (Å²) in [5.41, 5.74) is 4.12. The molecule has 0 aromatic heterocycles. The van der Waals surface area contributed by atoms with E-state index >= 15 is 0 Å². The highest BCUT2D eigenvalue weighted by atomic mass is 14.4. The number of benzene rings is 2. The maximum Gasteiger partial charge on any atom is -0.0184 e. The van der Waals surface area contributed by atoms with Gasteiger partial charge in [-0.05, 0) is 60.1 Å². The molecule has 0 nitrogen and oxygen atoms in total. The molecule has 3 atom stereocenters. The third kappa shape index (κ3) is 2.68. The SMILES string of the molecule is C1=CC2CC1CC2CCc1ccc(-c2ccccc2)cc1. The molecule has 0 N–H and O–H groups in total. The van der Waals surface area contributed by atoms with Gasteiger partial charge in [0.2, 0.25) is 0 Å². The van der Waals surface area contributed by atoms with Crippen LogP contribution >= 0.6 is 0 Å². The van der Waals surface area contributed by atoms with Crippen LogP contribution in [0.1, 0.15) is 24.8 Å². The van der Waals surface area contributed by atoms with E-state index in [0.29, 0.717) is 0 Å². The number of aryl methyl sites for hydroxylation is 1. The van der Waals surface area contributed by atoms with Crippen molar-refractivity contribution < 1.29 is 0 Å². The van der Waals surface area contributed by atoms with Gasteiger partial charge in [0.25, 0.3) is 0 Å². The Kier molecular flexibility index (Phi) is 3.39. The zero-order valence-electron chi connectivity index (χ0n) is 12.4. The molecule has 2 bridgehead atoms. The molecule has 2 aliphatic rings. The predicted molar refractivity (Wildman–Crippen MR) is 89.0 cm³/mol. The summed E-state index contributed by atoms with van der Waals surface area (Å²) in [4.78, 5) is 0. The molecule has 0 radical (unpaired) electrons. The van der Waals surface area contributed by atoms with Gasteiger partial charge >= 0.3 is 0 Å².